The van der Waals surface area contributed by atoms with Gasteiger partial charge in [-0.15, -0.1) is 21.5 Å². The molecule has 1 N–H and O–H groups in total. The minimum atomic E-state index is -0.0508. The van der Waals surface area contributed by atoms with E-state index in [1.54, 1.807) is 17.6 Å². The first-order chi connectivity index (χ1) is 13.1. The smallest absolute Gasteiger partial charge is 0.258 e. The third-order valence-electron chi connectivity index (χ3n) is 3.73. The molecule has 0 fully saturated rings. The van der Waals surface area contributed by atoms with E-state index in [-0.39, 0.29) is 5.56 Å². The van der Waals surface area contributed by atoms with Crippen molar-refractivity contribution in [2.75, 3.05) is 12.4 Å². The molecule has 0 amide bonds. The number of thioether (sulfide) groups is 1. The van der Waals surface area contributed by atoms with E-state index in [4.69, 9.17) is 4.74 Å². The van der Waals surface area contributed by atoms with Crippen molar-refractivity contribution in [2.45, 2.75) is 17.0 Å². The van der Waals surface area contributed by atoms with Crippen molar-refractivity contribution in [3.63, 3.8) is 0 Å². The number of nitrogens with one attached hydrogen (secondary N) is 1. The fourth-order valence-electron chi connectivity index (χ4n) is 2.49. The zero-order valence-corrected chi connectivity index (χ0v) is 17.0. The van der Waals surface area contributed by atoms with Gasteiger partial charge in [0.05, 0.1) is 18.5 Å². The second-order valence-electron chi connectivity index (χ2n) is 5.57. The van der Waals surface area contributed by atoms with Crippen LogP contribution in [0.1, 0.15) is 11.4 Å². The Morgan fingerprint density at radius 2 is 2.15 bits per heavy atom. The van der Waals surface area contributed by atoms with Crippen LogP contribution < -0.4 is 15.6 Å². The van der Waals surface area contributed by atoms with Crippen molar-refractivity contribution in [1.82, 2.24) is 19.6 Å². The van der Waals surface area contributed by atoms with E-state index in [0.717, 1.165) is 27.2 Å². The molecule has 1 aromatic carbocycles. The summed E-state index contributed by atoms with van der Waals surface area (Å²) in [5.74, 6) is 1.30. The first kappa shape index (κ1) is 18.0. The molecule has 7 nitrogen and oxygen atoms in total. The minimum absolute atomic E-state index is 0.0508. The van der Waals surface area contributed by atoms with Gasteiger partial charge in [-0.3, -0.25) is 9.20 Å². The van der Waals surface area contributed by atoms with Gasteiger partial charge in [-0.1, -0.05) is 35.2 Å². The Bertz CT molecular complexity index is 1150. The Labute approximate surface area is 167 Å². The number of para-hydroxylation sites is 2. The van der Waals surface area contributed by atoms with Gasteiger partial charge in [0.25, 0.3) is 5.56 Å². The maximum absolute atomic E-state index is 12.2. The normalized spacial score (nSPS) is 11.0. The zero-order chi connectivity index (χ0) is 18.8. The van der Waals surface area contributed by atoms with E-state index >= 15 is 0 Å². The van der Waals surface area contributed by atoms with Gasteiger partial charge in [0.15, 0.2) is 9.30 Å². The second kappa shape index (κ2) is 7.67. The molecule has 3 heterocycles. The lowest BCUT2D eigenvalue weighted by Crippen LogP contribution is -2.14. The lowest BCUT2D eigenvalue weighted by molar-refractivity contribution is 0.417. The standard InChI is InChI=1S/C17H15N5O2S3/c1-10-8-25-16-18-11(7-14(23)22(10)16)9-26-17-21-20-15(27-17)19-12-5-3-4-6-13(12)24-2/h3-8H,9H2,1-2H3,(H,19,20). The van der Waals surface area contributed by atoms with Crippen LogP contribution in [-0.2, 0) is 5.75 Å². The van der Waals surface area contributed by atoms with Gasteiger partial charge in [-0.25, -0.2) is 4.98 Å². The summed E-state index contributed by atoms with van der Waals surface area (Å²) in [5, 5.41) is 14.2. The fourth-order valence-corrected chi connectivity index (χ4v) is 5.04. The number of aromatic nitrogens is 4. The molecule has 10 heteroatoms. The SMILES string of the molecule is COc1ccccc1Nc1nnc(SCc2cc(=O)n3c(C)csc3n2)s1. The Morgan fingerprint density at radius 3 is 3.00 bits per heavy atom. The molecular weight excluding hydrogens is 402 g/mol. The number of hydrogen-bond donors (Lipinski definition) is 1. The maximum atomic E-state index is 12.2. The minimum Gasteiger partial charge on any atom is -0.495 e. The molecule has 0 aliphatic rings. The molecule has 0 saturated carbocycles. The van der Waals surface area contributed by atoms with E-state index in [9.17, 15) is 4.79 Å². The topological polar surface area (TPSA) is 81.4 Å². The average molecular weight is 418 g/mol. The summed E-state index contributed by atoms with van der Waals surface area (Å²) in [4.78, 5) is 17.5. The van der Waals surface area contributed by atoms with Gasteiger partial charge >= 0.3 is 0 Å². The van der Waals surface area contributed by atoms with Crippen molar-refractivity contribution >= 4 is 50.2 Å². The molecule has 138 valence electrons. The number of rotatable bonds is 6. The number of ether oxygens (including phenoxy) is 1. The van der Waals surface area contributed by atoms with Crippen molar-refractivity contribution in [1.29, 1.82) is 0 Å². The summed E-state index contributed by atoms with van der Waals surface area (Å²) in [5.41, 5.74) is 2.43. The van der Waals surface area contributed by atoms with Crippen molar-refractivity contribution in [2.24, 2.45) is 0 Å². The van der Waals surface area contributed by atoms with Crippen LogP contribution in [0, 0.1) is 6.92 Å². The Kier molecular flexibility index (Phi) is 5.10. The number of benzene rings is 1. The number of anilines is 2. The van der Waals surface area contributed by atoms with Crippen LogP contribution in [0.3, 0.4) is 0 Å². The summed E-state index contributed by atoms with van der Waals surface area (Å²) in [6.07, 6.45) is 0. The molecule has 0 aliphatic carbocycles. The summed E-state index contributed by atoms with van der Waals surface area (Å²) < 4.78 is 7.75. The van der Waals surface area contributed by atoms with Gasteiger partial charge in [-0.2, -0.15) is 0 Å². The van der Waals surface area contributed by atoms with Gasteiger partial charge in [-0.05, 0) is 19.1 Å². The molecule has 4 aromatic rings. The summed E-state index contributed by atoms with van der Waals surface area (Å²) in [6.45, 7) is 1.90. The van der Waals surface area contributed by atoms with Gasteiger partial charge in [0, 0.05) is 22.9 Å². The first-order valence-corrected chi connectivity index (χ1v) is 10.7. The first-order valence-electron chi connectivity index (χ1n) is 7.97. The van der Waals surface area contributed by atoms with Crippen molar-refractivity contribution < 1.29 is 4.74 Å². The van der Waals surface area contributed by atoms with Crippen LogP contribution in [0.15, 0.2) is 44.8 Å². The zero-order valence-electron chi connectivity index (χ0n) is 14.5. The highest BCUT2D eigenvalue weighted by atomic mass is 32.2. The number of thiazole rings is 1. The highest BCUT2D eigenvalue weighted by Crippen LogP contribution is 2.32. The van der Waals surface area contributed by atoms with Gasteiger partial charge in [0.2, 0.25) is 5.13 Å². The van der Waals surface area contributed by atoms with Crippen LogP contribution in [0.25, 0.3) is 4.96 Å². The monoisotopic (exact) mass is 417 g/mol. The number of hydrogen-bond acceptors (Lipinski definition) is 9. The number of fused-ring (bicyclic) bond motifs is 1. The number of nitrogens with zero attached hydrogens (tertiary/aromatic N) is 4. The third-order valence-corrected chi connectivity index (χ3v) is 6.68. The van der Waals surface area contributed by atoms with E-state index in [2.05, 4.69) is 20.5 Å². The third kappa shape index (κ3) is 3.82. The summed E-state index contributed by atoms with van der Waals surface area (Å²) in [6, 6.07) is 9.21. The summed E-state index contributed by atoms with van der Waals surface area (Å²) in [7, 11) is 1.63. The highest BCUT2D eigenvalue weighted by molar-refractivity contribution is 8.00. The van der Waals surface area contributed by atoms with Gasteiger partial charge < -0.3 is 10.1 Å². The van der Waals surface area contributed by atoms with Crippen LogP contribution in [0.5, 0.6) is 5.75 Å². The van der Waals surface area contributed by atoms with Crippen LogP contribution in [0.2, 0.25) is 0 Å². The van der Waals surface area contributed by atoms with E-state index in [0.29, 0.717) is 15.8 Å². The van der Waals surface area contributed by atoms with Crippen LogP contribution in [-0.4, -0.2) is 26.7 Å². The molecular formula is C17H15N5O2S3. The molecule has 3 aromatic heterocycles. The molecule has 0 spiro atoms. The van der Waals surface area contributed by atoms with Crippen molar-refractivity contribution in [3.05, 3.63) is 57.5 Å². The molecule has 0 saturated heterocycles. The van der Waals surface area contributed by atoms with Crippen molar-refractivity contribution in [3.8, 4) is 5.75 Å². The average Bonchev–Trinajstić information content (AvgIpc) is 3.27. The maximum Gasteiger partial charge on any atom is 0.258 e. The molecule has 0 bridgehead atoms. The molecule has 0 unspecified atom stereocenters. The number of methoxy groups -OCH3 is 1. The largest absolute Gasteiger partial charge is 0.495 e. The molecule has 0 atom stereocenters. The predicted octanol–water partition coefficient (Wildman–Crippen LogP) is 3.96. The highest BCUT2D eigenvalue weighted by Gasteiger charge is 2.10. The van der Waals surface area contributed by atoms with E-state index < -0.39 is 0 Å². The second-order valence-corrected chi connectivity index (χ2v) is 8.60. The Morgan fingerprint density at radius 1 is 1.30 bits per heavy atom. The molecule has 0 radical (unpaired) electrons. The lowest BCUT2D eigenvalue weighted by atomic mass is 10.3. The molecule has 27 heavy (non-hydrogen) atoms. The molecule has 0 aliphatic heterocycles. The van der Waals surface area contributed by atoms with Gasteiger partial charge in [0.1, 0.15) is 5.75 Å². The quantitative estimate of drug-likeness (QED) is 0.476. The predicted molar refractivity (Wildman–Crippen MR) is 110 cm³/mol. The van der Waals surface area contributed by atoms with Crippen LogP contribution >= 0.6 is 34.4 Å². The summed E-state index contributed by atoms with van der Waals surface area (Å²) >= 11 is 4.42. The van der Waals surface area contributed by atoms with Crippen LogP contribution in [0.4, 0.5) is 10.8 Å². The molecule has 4 rings (SSSR count). The Hall–Kier alpha value is -2.43. The Balaban J connectivity index is 1.46. The lowest BCUT2D eigenvalue weighted by Gasteiger charge is -2.07. The van der Waals surface area contributed by atoms with E-state index in [1.165, 1.54) is 34.4 Å². The number of aryl methyl sites for hydroxylation is 1. The fraction of sp³-hybridized carbons (Fsp3) is 0.176. The van der Waals surface area contributed by atoms with E-state index in [1.807, 2.05) is 36.6 Å².